The zero-order valence-corrected chi connectivity index (χ0v) is 23.2. The van der Waals surface area contributed by atoms with Crippen LogP contribution in [-0.2, 0) is 33.8 Å². The van der Waals surface area contributed by atoms with Crippen LogP contribution in [0.2, 0.25) is 0 Å². The van der Waals surface area contributed by atoms with E-state index in [-0.39, 0.29) is 41.5 Å². The summed E-state index contributed by atoms with van der Waals surface area (Å²) >= 11 is 0. The van der Waals surface area contributed by atoms with Crippen LogP contribution < -0.4 is 9.46 Å². The molecule has 12 heteroatoms. The summed E-state index contributed by atoms with van der Waals surface area (Å²) in [4.78, 5) is 11.7. The summed E-state index contributed by atoms with van der Waals surface area (Å²) < 4.78 is 82.6. The van der Waals surface area contributed by atoms with E-state index in [9.17, 15) is 22.0 Å². The maximum Gasteiger partial charge on any atom is 0.333 e. The largest absolute Gasteiger partial charge is 0.463 e. The number of esters is 1. The van der Waals surface area contributed by atoms with Crippen molar-refractivity contribution in [2.45, 2.75) is 32.1 Å². The highest BCUT2D eigenvalue weighted by Gasteiger charge is 2.17. The van der Waals surface area contributed by atoms with Gasteiger partial charge >= 0.3 is 5.97 Å². The molecule has 1 N–H and O–H groups in total. The molecule has 0 amide bonds. The molecule has 2 rings (SSSR count). The van der Waals surface area contributed by atoms with Crippen LogP contribution in [0.5, 0.6) is 11.5 Å². The molecule has 39 heavy (non-hydrogen) atoms. The molecule has 0 unspecified atom stereocenters. The van der Waals surface area contributed by atoms with E-state index in [4.69, 9.17) is 23.7 Å². The van der Waals surface area contributed by atoms with Crippen molar-refractivity contribution in [1.82, 2.24) is 4.72 Å². The molecular weight excluding hydrogens is 536 g/mol. The number of hydrogen-bond donors (Lipinski definition) is 1. The molecule has 0 heterocycles. The van der Waals surface area contributed by atoms with Gasteiger partial charge in [0.05, 0.1) is 44.5 Å². The molecule has 216 valence electrons. The predicted molar refractivity (Wildman–Crippen MR) is 141 cm³/mol. The average Bonchev–Trinajstić information content (AvgIpc) is 2.89. The second-order valence-corrected chi connectivity index (χ2v) is 9.94. The quantitative estimate of drug-likeness (QED) is 0.159. The fourth-order valence-corrected chi connectivity index (χ4v) is 4.15. The van der Waals surface area contributed by atoms with E-state index in [0.29, 0.717) is 33.0 Å². The molecule has 2 aromatic rings. The fraction of sp³-hybridized carbons (Fsp3) is 0.444. The molecule has 0 radical (unpaired) electrons. The number of rotatable bonds is 18. The van der Waals surface area contributed by atoms with E-state index >= 15 is 0 Å². The molecule has 0 saturated heterocycles. The Morgan fingerprint density at radius 3 is 2.03 bits per heavy atom. The van der Waals surface area contributed by atoms with Crippen molar-refractivity contribution in [3.63, 3.8) is 0 Å². The lowest BCUT2D eigenvalue weighted by atomic mass is 10.1. The minimum Gasteiger partial charge on any atom is -0.463 e. The molecule has 0 atom stereocenters. The summed E-state index contributed by atoms with van der Waals surface area (Å²) in [6, 6.07) is 7.10. The van der Waals surface area contributed by atoms with Crippen LogP contribution in [0.1, 0.15) is 32.8 Å². The number of benzene rings is 2. The number of carbonyl (C=O) groups excluding carboxylic acids is 1. The molecule has 0 saturated carbocycles. The van der Waals surface area contributed by atoms with E-state index in [1.165, 1.54) is 37.3 Å². The summed E-state index contributed by atoms with van der Waals surface area (Å²) in [7, 11) is -3.83. The van der Waals surface area contributed by atoms with Crippen LogP contribution in [0.15, 0.2) is 46.9 Å². The van der Waals surface area contributed by atoms with Crippen molar-refractivity contribution in [3.8, 4) is 11.5 Å². The van der Waals surface area contributed by atoms with Gasteiger partial charge in [0.1, 0.15) is 5.75 Å². The van der Waals surface area contributed by atoms with Crippen LogP contribution in [0.25, 0.3) is 6.08 Å². The number of carbonyl (C=O) groups is 1. The molecule has 0 spiro atoms. The number of halogens is 2. The summed E-state index contributed by atoms with van der Waals surface area (Å²) in [5, 5.41) is 0. The monoisotopic (exact) mass is 571 g/mol. The normalized spacial score (nSPS) is 12.0. The first-order chi connectivity index (χ1) is 18.7. The zero-order valence-electron chi connectivity index (χ0n) is 22.3. The van der Waals surface area contributed by atoms with E-state index in [2.05, 4.69) is 4.72 Å². The second-order valence-electron chi connectivity index (χ2n) is 8.17. The molecule has 0 aliphatic heterocycles. The van der Waals surface area contributed by atoms with Gasteiger partial charge in [-0.2, -0.15) is 0 Å². The third-order valence-corrected chi connectivity index (χ3v) is 6.46. The van der Waals surface area contributed by atoms with Gasteiger partial charge in [0, 0.05) is 18.7 Å². The Morgan fingerprint density at radius 1 is 0.897 bits per heavy atom. The minimum atomic E-state index is -3.83. The van der Waals surface area contributed by atoms with Crippen molar-refractivity contribution in [2.75, 3.05) is 52.8 Å². The van der Waals surface area contributed by atoms with Gasteiger partial charge in [-0.05, 0) is 68.3 Å². The van der Waals surface area contributed by atoms with Gasteiger partial charge in [0.2, 0.25) is 10.0 Å². The Morgan fingerprint density at radius 2 is 1.46 bits per heavy atom. The van der Waals surface area contributed by atoms with Crippen molar-refractivity contribution in [2.24, 2.45) is 0 Å². The maximum atomic E-state index is 14.6. The van der Waals surface area contributed by atoms with Gasteiger partial charge in [-0.3, -0.25) is 0 Å². The average molecular weight is 572 g/mol. The second kappa shape index (κ2) is 16.9. The Kier molecular flexibility index (Phi) is 14.0. The smallest absolute Gasteiger partial charge is 0.333 e. The number of hydrogen-bond acceptors (Lipinski definition) is 8. The Bertz CT molecular complexity index is 1160. The number of sulfonamides is 1. The first-order valence-electron chi connectivity index (χ1n) is 12.5. The Balaban J connectivity index is 1.85. The van der Waals surface area contributed by atoms with Gasteiger partial charge in [-0.1, -0.05) is 6.92 Å². The van der Waals surface area contributed by atoms with Gasteiger partial charge in [-0.15, -0.1) is 0 Å². The highest BCUT2D eigenvalue weighted by atomic mass is 32.2. The lowest BCUT2D eigenvalue weighted by Crippen LogP contribution is -2.27. The van der Waals surface area contributed by atoms with Crippen LogP contribution in [0, 0.1) is 11.6 Å². The van der Waals surface area contributed by atoms with Gasteiger partial charge in [0.15, 0.2) is 17.4 Å². The van der Waals surface area contributed by atoms with Gasteiger partial charge in [0.25, 0.3) is 0 Å². The minimum absolute atomic E-state index is 0.0289. The molecule has 0 bridgehead atoms. The van der Waals surface area contributed by atoms with Crippen molar-refractivity contribution >= 4 is 22.1 Å². The summed E-state index contributed by atoms with van der Waals surface area (Å²) in [5.41, 5.74) is 0.294. The topological polar surface area (TPSA) is 109 Å². The van der Waals surface area contributed by atoms with Gasteiger partial charge in [-0.25, -0.2) is 26.7 Å². The first-order valence-corrected chi connectivity index (χ1v) is 14.0. The van der Waals surface area contributed by atoms with E-state index in [1.54, 1.807) is 6.92 Å². The van der Waals surface area contributed by atoms with Crippen LogP contribution in [-0.4, -0.2) is 67.2 Å². The summed E-state index contributed by atoms with van der Waals surface area (Å²) in [6.45, 7) is 7.89. The van der Waals surface area contributed by atoms with Crippen LogP contribution >= 0.6 is 0 Å². The highest BCUT2D eigenvalue weighted by molar-refractivity contribution is 7.89. The number of ether oxygens (including phenoxy) is 5. The van der Waals surface area contributed by atoms with Crippen molar-refractivity contribution in [3.05, 3.63) is 59.2 Å². The molecule has 9 nitrogen and oxygen atoms in total. The molecule has 0 aromatic heterocycles. The Labute approximate surface area is 228 Å². The maximum absolute atomic E-state index is 14.6. The first kappa shape index (κ1) is 32.3. The molecule has 2 aromatic carbocycles. The lowest BCUT2D eigenvalue weighted by molar-refractivity contribution is -0.138. The van der Waals surface area contributed by atoms with Crippen LogP contribution in [0.4, 0.5) is 8.78 Å². The third kappa shape index (κ3) is 11.4. The molecular formula is C27H35F2NO8S. The highest BCUT2D eigenvalue weighted by Crippen LogP contribution is 2.30. The van der Waals surface area contributed by atoms with E-state index < -0.39 is 33.4 Å². The van der Waals surface area contributed by atoms with Crippen molar-refractivity contribution in [1.29, 1.82) is 0 Å². The fourth-order valence-electron chi connectivity index (χ4n) is 3.14. The Hall–Kier alpha value is -2.90. The lowest BCUT2D eigenvalue weighted by Gasteiger charge is -2.11. The van der Waals surface area contributed by atoms with Crippen LogP contribution in [0.3, 0.4) is 0 Å². The summed E-state index contributed by atoms with van der Waals surface area (Å²) in [6.07, 6.45) is 2.25. The number of nitrogens with one attached hydrogen (secondary N) is 1. The molecule has 0 aliphatic rings. The molecule has 0 fully saturated rings. The summed E-state index contributed by atoms with van der Waals surface area (Å²) in [5.74, 6) is -3.21. The SMILES string of the molecule is CCCOCCOCCOCCNS(=O)(=O)c1ccc(Oc2c(F)cc(C=C(C)C(=O)OCC)cc2F)cc1. The predicted octanol–water partition coefficient (Wildman–Crippen LogP) is 4.46. The molecule has 0 aliphatic carbocycles. The standard InChI is InChI=1S/C27H35F2NO8S/c1-4-11-34-13-15-36-16-14-35-12-10-30-39(32,33)23-8-6-22(7-9-23)38-26-24(28)18-21(19-25(26)29)17-20(3)27(31)37-5-2/h6-9,17-19,30H,4-5,10-16H2,1-3H3. The van der Waals surface area contributed by atoms with E-state index in [1.807, 2.05) is 6.92 Å². The van der Waals surface area contributed by atoms with Gasteiger partial charge < -0.3 is 23.7 Å². The van der Waals surface area contributed by atoms with Crippen molar-refractivity contribution < 1.29 is 45.7 Å². The third-order valence-electron chi connectivity index (χ3n) is 4.99. The zero-order chi connectivity index (χ0) is 28.7. The van der Waals surface area contributed by atoms with E-state index in [0.717, 1.165) is 18.6 Å².